The maximum absolute atomic E-state index is 11.0. The summed E-state index contributed by atoms with van der Waals surface area (Å²) in [5, 5.41) is 9.04. The lowest BCUT2D eigenvalue weighted by Gasteiger charge is -2.18. The van der Waals surface area contributed by atoms with Gasteiger partial charge in [0.2, 0.25) is 0 Å². The molecule has 1 aromatic carbocycles. The molecule has 2 aromatic rings. The van der Waals surface area contributed by atoms with Crippen LogP contribution < -0.4 is 9.47 Å². The highest BCUT2D eigenvalue weighted by atomic mass is 16.6. The zero-order chi connectivity index (χ0) is 16.4. The van der Waals surface area contributed by atoms with Crippen molar-refractivity contribution < 1.29 is 19.4 Å². The summed E-state index contributed by atoms with van der Waals surface area (Å²) in [6, 6.07) is 3.82. The molecule has 6 nitrogen and oxygen atoms in total. The Hall–Kier alpha value is -2.24. The smallest absolute Gasteiger partial charge is 0.305 e. The summed E-state index contributed by atoms with van der Waals surface area (Å²) in [6.45, 7) is 5.74. The van der Waals surface area contributed by atoms with Gasteiger partial charge in [0.15, 0.2) is 11.5 Å². The first-order valence-corrected chi connectivity index (χ1v) is 8.15. The molecular weight excluding hydrogens is 296 g/mol. The Balaban J connectivity index is 2.12. The number of hydrogen-bond acceptors (Lipinski definition) is 4. The Bertz CT molecular complexity index is 719. The predicted molar refractivity (Wildman–Crippen MR) is 86.3 cm³/mol. The zero-order valence-electron chi connectivity index (χ0n) is 13.5. The minimum Gasteiger partial charge on any atom is -0.486 e. The molecule has 0 aliphatic carbocycles. The highest BCUT2D eigenvalue weighted by Crippen LogP contribution is 2.36. The molecule has 0 unspecified atom stereocenters. The van der Waals surface area contributed by atoms with Crippen LogP contribution in [0.2, 0.25) is 0 Å². The highest BCUT2D eigenvalue weighted by Gasteiger charge is 2.21. The summed E-state index contributed by atoms with van der Waals surface area (Å²) < 4.78 is 13.3. The molecule has 0 fully saturated rings. The monoisotopic (exact) mass is 318 g/mol. The molecule has 1 aliphatic rings. The van der Waals surface area contributed by atoms with Crippen molar-refractivity contribution in [3.05, 3.63) is 18.0 Å². The lowest BCUT2D eigenvalue weighted by atomic mass is 10.0. The summed E-state index contributed by atoms with van der Waals surface area (Å²) in [5.74, 6) is 1.88. The molecule has 1 N–H and O–H groups in total. The van der Waals surface area contributed by atoms with Gasteiger partial charge in [-0.15, -0.1) is 0 Å². The predicted octanol–water partition coefficient (Wildman–Crippen LogP) is 3.19. The first-order valence-electron chi connectivity index (χ1n) is 8.15. The number of aliphatic carboxylic acids is 1. The van der Waals surface area contributed by atoms with E-state index < -0.39 is 5.97 Å². The average Bonchev–Trinajstić information content (AvgIpc) is 2.89. The number of carbonyl (C=O) groups is 1. The maximum atomic E-state index is 11.0. The summed E-state index contributed by atoms with van der Waals surface area (Å²) in [4.78, 5) is 15.8. The van der Waals surface area contributed by atoms with Crippen LogP contribution in [-0.2, 0) is 11.3 Å². The number of carboxylic acid groups (broad SMARTS) is 1. The second-order valence-electron chi connectivity index (χ2n) is 5.76. The standard InChI is InChI=1S/C17H22N2O4/c1-3-11(4-2)17-18-12-9-14-15(23-8-7-22-14)10-13(12)19(17)6-5-16(20)21/h9-11H,3-8H2,1-2H3,(H,20,21). The topological polar surface area (TPSA) is 73.6 Å². The van der Waals surface area contributed by atoms with Crippen molar-refractivity contribution in [1.29, 1.82) is 0 Å². The second kappa shape index (κ2) is 6.48. The SMILES string of the molecule is CCC(CC)c1nc2cc3c(cc2n1CCC(=O)O)OCCO3. The number of fused-ring (bicyclic) bond motifs is 2. The molecule has 6 heteroatoms. The Kier molecular flexibility index (Phi) is 4.41. The van der Waals surface area contributed by atoms with Crippen LogP contribution in [0.15, 0.2) is 12.1 Å². The van der Waals surface area contributed by atoms with Gasteiger partial charge in [0.25, 0.3) is 0 Å². The number of benzene rings is 1. The summed E-state index contributed by atoms with van der Waals surface area (Å²) in [5.41, 5.74) is 1.75. The molecule has 0 amide bonds. The van der Waals surface area contributed by atoms with Gasteiger partial charge in [0.1, 0.15) is 19.0 Å². The van der Waals surface area contributed by atoms with Crippen LogP contribution in [0.4, 0.5) is 0 Å². The number of hydrogen-bond donors (Lipinski definition) is 1. The van der Waals surface area contributed by atoms with Crippen molar-refractivity contribution >= 4 is 17.0 Å². The molecule has 1 aliphatic heterocycles. The van der Waals surface area contributed by atoms with Crippen molar-refractivity contribution in [3.63, 3.8) is 0 Å². The Labute approximate surface area is 135 Å². The minimum atomic E-state index is -0.806. The van der Waals surface area contributed by atoms with E-state index >= 15 is 0 Å². The first kappa shape index (κ1) is 15.6. The molecule has 0 saturated carbocycles. The van der Waals surface area contributed by atoms with Gasteiger partial charge < -0.3 is 19.1 Å². The molecule has 3 rings (SSSR count). The Morgan fingerprint density at radius 2 is 1.91 bits per heavy atom. The van der Waals surface area contributed by atoms with Crippen LogP contribution in [0.25, 0.3) is 11.0 Å². The highest BCUT2D eigenvalue weighted by molar-refractivity contribution is 5.81. The Morgan fingerprint density at radius 1 is 1.26 bits per heavy atom. The van der Waals surface area contributed by atoms with Crippen LogP contribution >= 0.6 is 0 Å². The molecule has 23 heavy (non-hydrogen) atoms. The minimum absolute atomic E-state index is 0.0764. The van der Waals surface area contributed by atoms with Gasteiger partial charge in [-0.1, -0.05) is 13.8 Å². The fraction of sp³-hybridized carbons (Fsp3) is 0.529. The van der Waals surface area contributed by atoms with Crippen LogP contribution in [0.3, 0.4) is 0 Å². The molecule has 1 aromatic heterocycles. The number of aromatic nitrogens is 2. The maximum Gasteiger partial charge on any atom is 0.305 e. The third-order valence-corrected chi connectivity index (χ3v) is 4.34. The number of imidazole rings is 1. The van der Waals surface area contributed by atoms with E-state index in [1.54, 1.807) is 0 Å². The number of ether oxygens (including phenoxy) is 2. The van der Waals surface area contributed by atoms with E-state index in [2.05, 4.69) is 13.8 Å². The van der Waals surface area contributed by atoms with Crippen LogP contribution in [0, 0.1) is 0 Å². The lowest BCUT2D eigenvalue weighted by molar-refractivity contribution is -0.137. The number of carboxylic acids is 1. The second-order valence-corrected chi connectivity index (χ2v) is 5.76. The largest absolute Gasteiger partial charge is 0.486 e. The first-order chi connectivity index (χ1) is 11.1. The number of aryl methyl sites for hydroxylation is 1. The van der Waals surface area contributed by atoms with E-state index in [1.807, 2.05) is 16.7 Å². The van der Waals surface area contributed by atoms with Crippen molar-refractivity contribution in [2.24, 2.45) is 0 Å². The van der Waals surface area contributed by atoms with Gasteiger partial charge >= 0.3 is 5.97 Å². The molecule has 0 saturated heterocycles. The fourth-order valence-electron chi connectivity index (χ4n) is 3.09. The molecule has 0 bridgehead atoms. The van der Waals surface area contributed by atoms with E-state index in [4.69, 9.17) is 19.6 Å². The summed E-state index contributed by atoms with van der Waals surface area (Å²) in [7, 11) is 0. The molecule has 124 valence electrons. The molecule has 0 spiro atoms. The normalized spacial score (nSPS) is 13.7. The number of nitrogens with zero attached hydrogens (tertiary/aromatic N) is 2. The third-order valence-electron chi connectivity index (χ3n) is 4.34. The fourth-order valence-corrected chi connectivity index (χ4v) is 3.09. The molecule has 0 radical (unpaired) electrons. The van der Waals surface area contributed by atoms with Gasteiger partial charge in [0, 0.05) is 24.6 Å². The summed E-state index contributed by atoms with van der Waals surface area (Å²) in [6.07, 6.45) is 2.02. The van der Waals surface area contributed by atoms with Crippen LogP contribution in [-0.4, -0.2) is 33.8 Å². The van der Waals surface area contributed by atoms with Crippen molar-refractivity contribution in [3.8, 4) is 11.5 Å². The van der Waals surface area contributed by atoms with Gasteiger partial charge in [0.05, 0.1) is 17.5 Å². The van der Waals surface area contributed by atoms with Crippen LogP contribution in [0.5, 0.6) is 11.5 Å². The molecular formula is C17H22N2O4. The van der Waals surface area contributed by atoms with E-state index in [9.17, 15) is 4.79 Å². The van der Waals surface area contributed by atoms with E-state index in [-0.39, 0.29) is 6.42 Å². The molecule has 2 heterocycles. The quantitative estimate of drug-likeness (QED) is 0.885. The van der Waals surface area contributed by atoms with Gasteiger partial charge in [-0.25, -0.2) is 4.98 Å². The van der Waals surface area contributed by atoms with Gasteiger partial charge in [-0.05, 0) is 12.8 Å². The Morgan fingerprint density at radius 3 is 2.52 bits per heavy atom. The third kappa shape index (κ3) is 2.98. The van der Waals surface area contributed by atoms with Crippen LogP contribution in [0.1, 0.15) is 44.9 Å². The average molecular weight is 318 g/mol. The number of rotatable bonds is 6. The van der Waals surface area contributed by atoms with E-state index in [0.717, 1.165) is 29.7 Å². The zero-order valence-corrected chi connectivity index (χ0v) is 13.5. The van der Waals surface area contributed by atoms with E-state index in [1.165, 1.54) is 0 Å². The van der Waals surface area contributed by atoms with E-state index in [0.29, 0.717) is 37.2 Å². The lowest BCUT2D eigenvalue weighted by Crippen LogP contribution is -2.15. The van der Waals surface area contributed by atoms with Gasteiger partial charge in [-0.2, -0.15) is 0 Å². The van der Waals surface area contributed by atoms with Crippen molar-refractivity contribution in [2.75, 3.05) is 13.2 Å². The van der Waals surface area contributed by atoms with Gasteiger partial charge in [-0.3, -0.25) is 4.79 Å². The molecule has 0 atom stereocenters. The van der Waals surface area contributed by atoms with Crippen molar-refractivity contribution in [2.45, 2.75) is 45.6 Å². The van der Waals surface area contributed by atoms with Crippen molar-refractivity contribution in [1.82, 2.24) is 9.55 Å². The summed E-state index contributed by atoms with van der Waals surface area (Å²) >= 11 is 0.